The first kappa shape index (κ1) is 24.4. The van der Waals surface area contributed by atoms with Gasteiger partial charge in [0.05, 0.1) is 15.7 Å². The van der Waals surface area contributed by atoms with E-state index in [9.17, 15) is 4.79 Å². The Morgan fingerprint density at radius 3 is 2.39 bits per heavy atom. The fraction of sp³-hybridized carbons (Fsp3) is 0.143. The van der Waals surface area contributed by atoms with Crippen LogP contribution in [-0.4, -0.2) is 16.1 Å². The van der Waals surface area contributed by atoms with Crippen LogP contribution in [0.3, 0.4) is 0 Å². The number of fused-ring (bicyclic) bond motifs is 1. The van der Waals surface area contributed by atoms with Crippen LogP contribution < -0.4 is 0 Å². The molecule has 0 aliphatic carbocycles. The zero-order valence-corrected chi connectivity index (χ0v) is 20.5. The summed E-state index contributed by atoms with van der Waals surface area (Å²) in [5, 5.41) is 9.60. The van der Waals surface area contributed by atoms with Gasteiger partial charge in [-0.05, 0) is 64.1 Å². The number of hydrogen-bond donors (Lipinski definition) is 1. The molecule has 0 spiro atoms. The minimum absolute atomic E-state index is 0.715. The molecule has 0 fully saturated rings. The summed E-state index contributed by atoms with van der Waals surface area (Å²) in [6, 6.07) is 22.1. The average molecular weight is 476 g/mol. The third-order valence-electron chi connectivity index (χ3n) is 5.09. The van der Waals surface area contributed by atoms with Gasteiger partial charge in [0, 0.05) is 11.1 Å². The number of carboxylic acids is 1. The fourth-order valence-corrected chi connectivity index (χ4v) is 4.57. The molecule has 0 amide bonds. The Bertz CT molecular complexity index is 1300. The Labute approximate surface area is 203 Å². The minimum Gasteiger partial charge on any atom is -0.478 e. The summed E-state index contributed by atoms with van der Waals surface area (Å²) in [6.45, 7) is 6.13. The monoisotopic (exact) mass is 475 g/mol. The van der Waals surface area contributed by atoms with E-state index in [-0.39, 0.29) is 0 Å². The van der Waals surface area contributed by atoms with Gasteiger partial charge in [0.1, 0.15) is 0 Å². The quantitative estimate of drug-likeness (QED) is 0.225. The molecule has 3 nitrogen and oxygen atoms in total. The zero-order chi connectivity index (χ0) is 23.8. The van der Waals surface area contributed by atoms with Gasteiger partial charge in [-0.25, -0.2) is 9.78 Å². The molecule has 0 saturated carbocycles. The second-order valence-electron chi connectivity index (χ2n) is 7.02. The number of hydrogen-bond acceptors (Lipinski definition) is 3. The van der Waals surface area contributed by atoms with E-state index >= 15 is 0 Å². The van der Waals surface area contributed by atoms with Gasteiger partial charge in [0.15, 0.2) is 0 Å². The number of thiazole rings is 1. The van der Waals surface area contributed by atoms with E-state index in [0.717, 1.165) is 56.1 Å². The summed E-state index contributed by atoms with van der Waals surface area (Å²) in [5.74, 6) is -0.965. The Morgan fingerprint density at radius 1 is 1.03 bits per heavy atom. The lowest BCUT2D eigenvalue weighted by Gasteiger charge is -2.17. The smallest absolute Gasteiger partial charge is 0.328 e. The van der Waals surface area contributed by atoms with Crippen molar-refractivity contribution in [1.29, 1.82) is 0 Å². The molecule has 0 aliphatic heterocycles. The maximum Gasteiger partial charge on any atom is 0.328 e. The Morgan fingerprint density at radius 2 is 1.73 bits per heavy atom. The Balaban J connectivity index is 0.00000149. The molecule has 1 heterocycles. The van der Waals surface area contributed by atoms with Crippen molar-refractivity contribution in [2.24, 2.45) is 0 Å². The number of nitrogens with zero attached hydrogens (tertiary/aromatic N) is 1. The van der Waals surface area contributed by atoms with E-state index in [1.165, 1.54) is 0 Å². The molecule has 4 rings (SSSR count). The van der Waals surface area contributed by atoms with Crippen LogP contribution in [0.1, 0.15) is 49.4 Å². The molecular weight excluding hydrogens is 450 g/mol. The summed E-state index contributed by atoms with van der Waals surface area (Å²) < 4.78 is 1.15. The van der Waals surface area contributed by atoms with Crippen molar-refractivity contribution in [3.63, 3.8) is 0 Å². The SMILES string of the molecule is CC.CC/C(=C(/c1ccc(/C=C/C(=O)O)cc1)c1ccc2scnc2c1)c1ccccc1Cl. The summed E-state index contributed by atoms with van der Waals surface area (Å²) in [6.07, 6.45) is 3.53. The molecule has 3 aromatic carbocycles. The van der Waals surface area contributed by atoms with Gasteiger partial charge in [0.25, 0.3) is 0 Å². The largest absolute Gasteiger partial charge is 0.478 e. The van der Waals surface area contributed by atoms with Crippen molar-refractivity contribution in [2.75, 3.05) is 0 Å². The van der Waals surface area contributed by atoms with E-state index in [4.69, 9.17) is 16.7 Å². The van der Waals surface area contributed by atoms with Crippen LogP contribution >= 0.6 is 22.9 Å². The molecule has 5 heteroatoms. The van der Waals surface area contributed by atoms with Crippen molar-refractivity contribution < 1.29 is 9.90 Å². The fourth-order valence-electron chi connectivity index (χ4n) is 3.66. The third kappa shape index (κ3) is 5.78. The Hall–Kier alpha value is -3.21. The van der Waals surface area contributed by atoms with Crippen LogP contribution in [0.15, 0.2) is 78.3 Å². The minimum atomic E-state index is -0.965. The van der Waals surface area contributed by atoms with Gasteiger partial charge in [-0.1, -0.05) is 80.9 Å². The molecule has 4 aromatic rings. The zero-order valence-electron chi connectivity index (χ0n) is 18.9. The highest BCUT2D eigenvalue weighted by Crippen LogP contribution is 2.38. The van der Waals surface area contributed by atoms with E-state index in [2.05, 4.69) is 30.1 Å². The average Bonchev–Trinajstić information content (AvgIpc) is 3.31. The molecule has 0 aliphatic rings. The molecule has 0 bridgehead atoms. The number of aliphatic carboxylic acids is 1. The summed E-state index contributed by atoms with van der Waals surface area (Å²) in [7, 11) is 0. The van der Waals surface area contributed by atoms with Gasteiger partial charge in [-0.3, -0.25) is 0 Å². The highest BCUT2D eigenvalue weighted by atomic mass is 35.5. The first-order valence-electron chi connectivity index (χ1n) is 10.9. The molecule has 168 valence electrons. The summed E-state index contributed by atoms with van der Waals surface area (Å²) in [5.41, 5.74) is 9.02. The van der Waals surface area contributed by atoms with Crippen LogP contribution in [0.5, 0.6) is 0 Å². The Kier molecular flexibility index (Phi) is 8.58. The number of halogens is 1. The molecule has 0 unspecified atom stereocenters. The standard InChI is InChI=1S/C26H20ClNO2S.C2H6/c1-2-20(21-5-3-4-6-22(21)27)26(19-12-13-24-23(15-19)28-16-31-24)18-10-7-17(8-11-18)9-14-25(29)30;1-2/h3-16H,2H2,1H3,(H,29,30);1-2H3/b14-9+,26-20+;. The lowest BCUT2D eigenvalue weighted by Crippen LogP contribution is -1.96. The van der Waals surface area contributed by atoms with E-state index in [1.807, 2.05) is 67.9 Å². The molecule has 0 saturated heterocycles. The highest BCUT2D eigenvalue weighted by Gasteiger charge is 2.16. The number of carboxylic acid groups (broad SMARTS) is 1. The first-order valence-corrected chi connectivity index (χ1v) is 12.2. The summed E-state index contributed by atoms with van der Waals surface area (Å²) in [4.78, 5) is 15.3. The van der Waals surface area contributed by atoms with Crippen LogP contribution in [0.2, 0.25) is 5.02 Å². The number of benzene rings is 3. The van der Waals surface area contributed by atoms with Crippen LogP contribution in [-0.2, 0) is 4.79 Å². The normalized spacial score (nSPS) is 11.8. The van der Waals surface area contributed by atoms with Crippen LogP contribution in [0.25, 0.3) is 27.4 Å². The van der Waals surface area contributed by atoms with Crippen molar-refractivity contribution in [3.8, 4) is 0 Å². The lowest BCUT2D eigenvalue weighted by molar-refractivity contribution is -0.131. The van der Waals surface area contributed by atoms with Gasteiger partial charge in [-0.15, -0.1) is 11.3 Å². The van der Waals surface area contributed by atoms with Gasteiger partial charge < -0.3 is 5.11 Å². The number of allylic oxidation sites excluding steroid dienone is 1. The maximum absolute atomic E-state index is 10.8. The number of aromatic nitrogens is 1. The predicted octanol–water partition coefficient (Wildman–Crippen LogP) is 8.44. The van der Waals surface area contributed by atoms with Gasteiger partial charge in [0.2, 0.25) is 0 Å². The van der Waals surface area contributed by atoms with Crippen LogP contribution in [0.4, 0.5) is 0 Å². The third-order valence-corrected chi connectivity index (χ3v) is 6.23. The topological polar surface area (TPSA) is 50.2 Å². The van der Waals surface area contributed by atoms with Crippen molar-refractivity contribution in [3.05, 3.63) is 106 Å². The molecule has 1 N–H and O–H groups in total. The second-order valence-corrected chi connectivity index (χ2v) is 8.31. The maximum atomic E-state index is 10.8. The van der Waals surface area contributed by atoms with E-state index in [1.54, 1.807) is 17.4 Å². The molecule has 1 aromatic heterocycles. The van der Waals surface area contributed by atoms with Crippen molar-refractivity contribution >= 4 is 56.3 Å². The molecule has 0 atom stereocenters. The molecule has 33 heavy (non-hydrogen) atoms. The lowest BCUT2D eigenvalue weighted by atomic mass is 9.87. The first-order chi connectivity index (χ1) is 16.1. The van der Waals surface area contributed by atoms with E-state index < -0.39 is 5.97 Å². The second kappa shape index (κ2) is 11.6. The predicted molar refractivity (Wildman–Crippen MR) is 142 cm³/mol. The van der Waals surface area contributed by atoms with Gasteiger partial charge >= 0.3 is 5.97 Å². The number of rotatable bonds is 6. The number of carbonyl (C=O) groups is 1. The summed E-state index contributed by atoms with van der Waals surface area (Å²) >= 11 is 8.20. The molecule has 0 radical (unpaired) electrons. The van der Waals surface area contributed by atoms with Crippen molar-refractivity contribution in [1.82, 2.24) is 4.98 Å². The van der Waals surface area contributed by atoms with E-state index in [0.29, 0.717) is 5.02 Å². The van der Waals surface area contributed by atoms with Gasteiger partial charge in [-0.2, -0.15) is 0 Å². The highest BCUT2D eigenvalue weighted by molar-refractivity contribution is 7.16. The van der Waals surface area contributed by atoms with Crippen molar-refractivity contribution in [2.45, 2.75) is 27.2 Å². The molecular formula is C28H26ClNO2S. The van der Waals surface area contributed by atoms with Crippen LogP contribution in [0, 0.1) is 0 Å².